The number of terminal acetylenes is 1. The number of carbonyl (C=O) groups is 1. The fourth-order valence-electron chi connectivity index (χ4n) is 8.09. The SMILES string of the molecule is C#Cc1c(F)ccc2cc(OCOC)cc(C(=O)c3nc4nc(OCC56CCCN5CCC6)nc(N5CCCOCC5)c4n3C3CCC3)c12. The zero-order valence-electron chi connectivity index (χ0n) is 27.9. The molecule has 49 heavy (non-hydrogen) atoms. The molecule has 256 valence electrons. The normalized spacial score (nSPS) is 19.5. The second-order valence-electron chi connectivity index (χ2n) is 13.6. The van der Waals surface area contributed by atoms with E-state index in [9.17, 15) is 4.79 Å². The number of rotatable bonds is 10. The Kier molecular flexibility index (Phi) is 8.60. The monoisotopic (exact) mass is 668 g/mol. The fourth-order valence-corrected chi connectivity index (χ4v) is 8.09. The molecule has 8 rings (SSSR count). The molecule has 0 amide bonds. The molecule has 11 nitrogen and oxygen atoms in total. The van der Waals surface area contributed by atoms with Crippen LogP contribution in [0.15, 0.2) is 24.3 Å². The van der Waals surface area contributed by atoms with Crippen molar-refractivity contribution in [3.05, 3.63) is 47.0 Å². The van der Waals surface area contributed by atoms with E-state index < -0.39 is 11.6 Å². The van der Waals surface area contributed by atoms with E-state index in [2.05, 4.69) is 15.7 Å². The van der Waals surface area contributed by atoms with Crippen LogP contribution in [0.5, 0.6) is 11.8 Å². The summed E-state index contributed by atoms with van der Waals surface area (Å²) in [5.41, 5.74) is 1.32. The van der Waals surface area contributed by atoms with E-state index >= 15 is 4.39 Å². The largest absolute Gasteiger partial charge is 0.468 e. The van der Waals surface area contributed by atoms with Gasteiger partial charge in [-0.1, -0.05) is 12.0 Å². The predicted molar refractivity (Wildman–Crippen MR) is 182 cm³/mol. The maximum atomic E-state index is 15.1. The molecule has 0 radical (unpaired) electrons. The molecule has 0 unspecified atom stereocenters. The number of aromatic nitrogens is 4. The second-order valence-corrected chi connectivity index (χ2v) is 13.6. The molecule has 1 aliphatic carbocycles. The number of benzene rings is 2. The maximum Gasteiger partial charge on any atom is 0.320 e. The average molecular weight is 669 g/mol. The number of anilines is 1. The first-order valence-corrected chi connectivity index (χ1v) is 17.4. The van der Waals surface area contributed by atoms with Crippen LogP contribution < -0.4 is 14.4 Å². The number of nitrogens with zero attached hydrogens (tertiary/aromatic N) is 6. The molecule has 2 aromatic carbocycles. The third-order valence-corrected chi connectivity index (χ3v) is 10.7. The van der Waals surface area contributed by atoms with E-state index in [1.807, 2.05) is 4.57 Å². The van der Waals surface area contributed by atoms with E-state index in [1.54, 1.807) is 18.2 Å². The van der Waals surface area contributed by atoms with E-state index in [0.717, 1.165) is 71.0 Å². The quantitative estimate of drug-likeness (QED) is 0.126. The molecule has 0 N–H and O–H groups in total. The summed E-state index contributed by atoms with van der Waals surface area (Å²) in [7, 11) is 1.52. The van der Waals surface area contributed by atoms with Crippen LogP contribution >= 0.6 is 0 Å². The second kappa shape index (κ2) is 13.2. The van der Waals surface area contributed by atoms with Crippen LogP contribution in [-0.4, -0.2) is 95.6 Å². The van der Waals surface area contributed by atoms with Crippen molar-refractivity contribution in [3.8, 4) is 24.1 Å². The van der Waals surface area contributed by atoms with Gasteiger partial charge in [-0.15, -0.1) is 6.42 Å². The summed E-state index contributed by atoms with van der Waals surface area (Å²) in [4.78, 5) is 34.5. The number of methoxy groups -OCH3 is 1. The van der Waals surface area contributed by atoms with Gasteiger partial charge in [0.2, 0.25) is 5.78 Å². The fraction of sp³-hybridized carbons (Fsp3) is 0.514. The number of carbonyl (C=O) groups excluding carboxylic acids is 1. The molecular formula is C37H41FN6O5. The van der Waals surface area contributed by atoms with E-state index in [0.29, 0.717) is 59.9 Å². The van der Waals surface area contributed by atoms with E-state index in [4.69, 9.17) is 40.3 Å². The molecule has 4 aromatic rings. The molecule has 4 fully saturated rings. The predicted octanol–water partition coefficient (Wildman–Crippen LogP) is 5.27. The smallest absolute Gasteiger partial charge is 0.320 e. The van der Waals surface area contributed by atoms with Gasteiger partial charge in [0.25, 0.3) is 0 Å². The zero-order valence-corrected chi connectivity index (χ0v) is 27.9. The molecule has 0 bridgehead atoms. The molecule has 3 aliphatic heterocycles. The minimum Gasteiger partial charge on any atom is -0.468 e. The van der Waals surface area contributed by atoms with Gasteiger partial charge >= 0.3 is 6.01 Å². The van der Waals surface area contributed by atoms with Gasteiger partial charge in [0.05, 0.1) is 17.7 Å². The molecule has 2 aromatic heterocycles. The van der Waals surface area contributed by atoms with Crippen molar-refractivity contribution in [2.75, 3.05) is 64.8 Å². The highest BCUT2D eigenvalue weighted by Gasteiger charge is 2.45. The molecule has 0 atom stereocenters. The van der Waals surface area contributed by atoms with Crippen molar-refractivity contribution in [2.24, 2.45) is 0 Å². The first kappa shape index (κ1) is 31.9. The van der Waals surface area contributed by atoms with Crippen LogP contribution in [0.25, 0.3) is 21.9 Å². The number of imidazole rings is 1. The van der Waals surface area contributed by atoms with Crippen molar-refractivity contribution in [1.82, 2.24) is 24.4 Å². The van der Waals surface area contributed by atoms with E-state index in [-0.39, 0.29) is 41.3 Å². The van der Waals surface area contributed by atoms with Crippen molar-refractivity contribution in [3.63, 3.8) is 0 Å². The first-order chi connectivity index (χ1) is 24.0. The Morgan fingerprint density at radius 1 is 1.04 bits per heavy atom. The van der Waals surface area contributed by atoms with Crippen molar-refractivity contribution >= 4 is 33.5 Å². The first-order valence-electron chi connectivity index (χ1n) is 17.4. The summed E-state index contributed by atoms with van der Waals surface area (Å²) in [6.07, 6.45) is 14.0. The number of halogens is 1. The van der Waals surface area contributed by atoms with Gasteiger partial charge in [-0.05, 0) is 88.0 Å². The lowest BCUT2D eigenvalue weighted by molar-refractivity contribution is 0.0511. The van der Waals surface area contributed by atoms with Gasteiger partial charge in [0.15, 0.2) is 24.1 Å². The van der Waals surface area contributed by atoms with Gasteiger partial charge < -0.3 is 28.4 Å². The number of ether oxygens (including phenoxy) is 4. The Morgan fingerprint density at radius 3 is 2.63 bits per heavy atom. The third-order valence-electron chi connectivity index (χ3n) is 10.7. The zero-order chi connectivity index (χ0) is 33.5. The van der Waals surface area contributed by atoms with Crippen LogP contribution in [0.4, 0.5) is 10.2 Å². The maximum absolute atomic E-state index is 15.1. The molecule has 5 heterocycles. The Labute approximate surface area is 284 Å². The summed E-state index contributed by atoms with van der Waals surface area (Å²) in [5, 5.41) is 0.909. The molecule has 1 saturated carbocycles. The van der Waals surface area contributed by atoms with Gasteiger partial charge in [-0.2, -0.15) is 9.97 Å². The van der Waals surface area contributed by atoms with E-state index in [1.165, 1.54) is 13.2 Å². The summed E-state index contributed by atoms with van der Waals surface area (Å²) in [6, 6.07) is 6.50. The lowest BCUT2D eigenvalue weighted by Gasteiger charge is -2.32. The van der Waals surface area contributed by atoms with Crippen LogP contribution in [0.3, 0.4) is 0 Å². The number of fused-ring (bicyclic) bond motifs is 3. The van der Waals surface area contributed by atoms with Gasteiger partial charge in [0, 0.05) is 43.8 Å². The Bertz CT molecular complexity index is 1930. The molecule has 12 heteroatoms. The minimum absolute atomic E-state index is 0.0124. The lowest BCUT2D eigenvalue weighted by Crippen LogP contribution is -2.43. The van der Waals surface area contributed by atoms with Crippen molar-refractivity contribution in [2.45, 2.75) is 62.9 Å². The summed E-state index contributed by atoms with van der Waals surface area (Å²) in [5.74, 6) is 2.77. The molecule has 0 spiro atoms. The summed E-state index contributed by atoms with van der Waals surface area (Å²) >= 11 is 0. The number of ketones is 1. The lowest BCUT2D eigenvalue weighted by atomic mass is 9.91. The molecule has 3 saturated heterocycles. The standard InChI is InChI=1S/C37H41FN6O5/c1-3-27-29(38)11-10-24-20-26(49-23-46-2)21-28(30(24)27)32(45)35-39-33-31(44(35)25-8-4-9-25)34(42-14-7-18-47-19-17-42)41-36(40-33)48-22-37-12-5-15-43(37)16-6-13-37/h1,10-11,20-21,25H,4-9,12-19,22-23H2,2H3. The van der Waals surface area contributed by atoms with Crippen LogP contribution in [-0.2, 0) is 9.47 Å². The number of hydrogen-bond donors (Lipinski definition) is 0. The van der Waals surface area contributed by atoms with Gasteiger partial charge in [-0.3, -0.25) is 9.69 Å². The highest BCUT2D eigenvalue weighted by Crippen LogP contribution is 2.42. The third kappa shape index (κ3) is 5.67. The van der Waals surface area contributed by atoms with Crippen molar-refractivity contribution in [1.29, 1.82) is 0 Å². The van der Waals surface area contributed by atoms with Crippen LogP contribution in [0.2, 0.25) is 0 Å². The number of hydrogen-bond acceptors (Lipinski definition) is 10. The highest BCUT2D eigenvalue weighted by atomic mass is 19.1. The minimum atomic E-state index is -0.581. The topological polar surface area (TPSA) is 104 Å². The molecule has 4 aliphatic rings. The van der Waals surface area contributed by atoms with Crippen LogP contribution in [0, 0.1) is 18.2 Å². The Hall–Kier alpha value is -4.31. The summed E-state index contributed by atoms with van der Waals surface area (Å²) in [6.45, 7) is 5.27. The Balaban J connectivity index is 1.29. The average Bonchev–Trinajstić information content (AvgIpc) is 3.71. The highest BCUT2D eigenvalue weighted by molar-refractivity contribution is 6.17. The summed E-state index contributed by atoms with van der Waals surface area (Å²) < 4.78 is 40.3. The van der Waals surface area contributed by atoms with Gasteiger partial charge in [-0.25, -0.2) is 9.37 Å². The Morgan fingerprint density at radius 2 is 1.88 bits per heavy atom. The van der Waals surface area contributed by atoms with Crippen LogP contribution in [0.1, 0.15) is 79.2 Å². The molecular weight excluding hydrogens is 627 g/mol. The van der Waals surface area contributed by atoms with Gasteiger partial charge in [0.1, 0.15) is 23.7 Å². The van der Waals surface area contributed by atoms with Crippen molar-refractivity contribution < 1.29 is 28.1 Å².